The van der Waals surface area contributed by atoms with E-state index >= 15 is 0 Å². The third-order valence-electron chi connectivity index (χ3n) is 4.22. The van der Waals surface area contributed by atoms with Crippen LogP contribution in [0, 0.1) is 0 Å². The predicted octanol–water partition coefficient (Wildman–Crippen LogP) is 0.709. The van der Waals surface area contributed by atoms with E-state index in [0.29, 0.717) is 19.5 Å². The van der Waals surface area contributed by atoms with Gasteiger partial charge in [-0.2, -0.15) is 0 Å². The molecule has 1 aromatic rings. The molecule has 2 N–H and O–H groups in total. The molecule has 146 valence electrons. The van der Waals surface area contributed by atoms with Crippen LogP contribution >= 0.6 is 0 Å². The van der Waals surface area contributed by atoms with Crippen molar-refractivity contribution in [3.63, 3.8) is 0 Å². The summed E-state index contributed by atoms with van der Waals surface area (Å²) in [6, 6.07) is 10.6. The number of aliphatic imine (C=N–C) groups is 1. The molecular weight excluding hydrogens is 350 g/mol. The van der Waals surface area contributed by atoms with Gasteiger partial charge >= 0.3 is 0 Å². The number of benzene rings is 1. The summed E-state index contributed by atoms with van der Waals surface area (Å²) in [6.07, 6.45) is 1.87. The van der Waals surface area contributed by atoms with E-state index in [-0.39, 0.29) is 0 Å². The van der Waals surface area contributed by atoms with Crippen molar-refractivity contribution in [2.45, 2.75) is 19.9 Å². The molecule has 7 nitrogen and oxygen atoms in total. The van der Waals surface area contributed by atoms with Gasteiger partial charge in [-0.15, -0.1) is 0 Å². The number of nitrogens with one attached hydrogen (secondary N) is 2. The van der Waals surface area contributed by atoms with Gasteiger partial charge in [0.1, 0.15) is 0 Å². The highest BCUT2D eigenvalue weighted by molar-refractivity contribution is 7.88. The maximum atomic E-state index is 11.1. The van der Waals surface area contributed by atoms with Gasteiger partial charge in [0.2, 0.25) is 10.0 Å². The number of hydrogen-bond donors (Lipinski definition) is 2. The van der Waals surface area contributed by atoms with Gasteiger partial charge in [0.15, 0.2) is 5.96 Å². The van der Waals surface area contributed by atoms with Crippen LogP contribution in [0.25, 0.3) is 0 Å². The molecule has 0 atom stereocenters. The van der Waals surface area contributed by atoms with Crippen molar-refractivity contribution in [1.29, 1.82) is 0 Å². The average Bonchev–Trinajstić information content (AvgIpc) is 2.61. The zero-order chi connectivity index (χ0) is 18.8. The van der Waals surface area contributed by atoms with Crippen LogP contribution in [0.4, 0.5) is 0 Å². The third-order valence-corrected chi connectivity index (χ3v) is 4.94. The second kappa shape index (κ2) is 10.5. The lowest BCUT2D eigenvalue weighted by atomic mass is 10.2. The van der Waals surface area contributed by atoms with Crippen molar-refractivity contribution in [2.24, 2.45) is 4.99 Å². The van der Waals surface area contributed by atoms with Crippen molar-refractivity contribution < 1.29 is 8.42 Å². The van der Waals surface area contributed by atoms with Crippen molar-refractivity contribution in [3.05, 3.63) is 35.9 Å². The van der Waals surface area contributed by atoms with E-state index in [0.717, 1.165) is 45.2 Å². The number of hydrogen-bond acceptors (Lipinski definition) is 4. The van der Waals surface area contributed by atoms with E-state index in [4.69, 9.17) is 0 Å². The zero-order valence-corrected chi connectivity index (χ0v) is 16.6. The average molecular weight is 382 g/mol. The summed E-state index contributed by atoms with van der Waals surface area (Å²) < 4.78 is 24.6. The maximum absolute atomic E-state index is 11.1. The van der Waals surface area contributed by atoms with Gasteiger partial charge in [-0.1, -0.05) is 30.3 Å². The number of sulfonamides is 1. The minimum Gasteiger partial charge on any atom is -0.357 e. The monoisotopic (exact) mass is 381 g/mol. The Bertz CT molecular complexity index is 655. The summed E-state index contributed by atoms with van der Waals surface area (Å²) >= 11 is 0. The fourth-order valence-corrected chi connectivity index (χ4v) is 3.42. The van der Waals surface area contributed by atoms with Crippen molar-refractivity contribution in [3.8, 4) is 0 Å². The highest BCUT2D eigenvalue weighted by atomic mass is 32.2. The fraction of sp³-hybridized carbons (Fsp3) is 0.611. The van der Waals surface area contributed by atoms with Gasteiger partial charge < -0.3 is 10.2 Å². The topological polar surface area (TPSA) is 77.0 Å². The Morgan fingerprint density at radius 3 is 2.46 bits per heavy atom. The molecule has 1 aromatic carbocycles. The molecule has 1 aliphatic rings. The van der Waals surface area contributed by atoms with Gasteiger partial charge in [-0.3, -0.25) is 9.89 Å². The molecule has 0 amide bonds. The quantitative estimate of drug-likeness (QED) is 0.394. The second-order valence-corrected chi connectivity index (χ2v) is 8.34. The number of piperazine rings is 1. The Hall–Kier alpha value is -1.64. The molecule has 2 rings (SSSR count). The summed E-state index contributed by atoms with van der Waals surface area (Å²) in [5, 5.41) is 3.34. The van der Waals surface area contributed by atoms with Gasteiger partial charge in [0.05, 0.1) is 6.26 Å². The van der Waals surface area contributed by atoms with Crippen LogP contribution in [0.5, 0.6) is 0 Å². The molecule has 0 radical (unpaired) electrons. The number of rotatable bonds is 8. The van der Waals surface area contributed by atoms with Crippen LogP contribution in [0.15, 0.2) is 35.3 Å². The molecule has 0 unspecified atom stereocenters. The fourth-order valence-electron chi connectivity index (χ4n) is 2.91. The lowest BCUT2D eigenvalue weighted by Gasteiger charge is -2.36. The van der Waals surface area contributed by atoms with Crippen LogP contribution in [0.1, 0.15) is 18.9 Å². The Morgan fingerprint density at radius 1 is 1.15 bits per heavy atom. The van der Waals surface area contributed by atoms with Crippen molar-refractivity contribution >= 4 is 16.0 Å². The third kappa shape index (κ3) is 7.72. The van der Waals surface area contributed by atoms with E-state index in [9.17, 15) is 8.42 Å². The Balaban J connectivity index is 1.78. The van der Waals surface area contributed by atoms with E-state index in [1.54, 1.807) is 0 Å². The van der Waals surface area contributed by atoms with Gasteiger partial charge in [0.25, 0.3) is 0 Å². The van der Waals surface area contributed by atoms with Gasteiger partial charge in [0, 0.05) is 52.4 Å². The summed E-state index contributed by atoms with van der Waals surface area (Å²) in [6.45, 7) is 8.81. The van der Waals surface area contributed by atoms with Crippen molar-refractivity contribution in [2.75, 3.05) is 52.1 Å². The maximum Gasteiger partial charge on any atom is 0.208 e. The zero-order valence-electron chi connectivity index (χ0n) is 15.8. The van der Waals surface area contributed by atoms with E-state index in [2.05, 4.69) is 56.0 Å². The second-order valence-electron chi connectivity index (χ2n) is 6.50. The normalized spacial score (nSPS) is 16.7. The molecule has 0 aliphatic carbocycles. The summed E-state index contributed by atoms with van der Waals surface area (Å²) in [7, 11) is -3.12. The predicted molar refractivity (Wildman–Crippen MR) is 107 cm³/mol. The number of nitrogens with zero attached hydrogens (tertiary/aromatic N) is 3. The first-order valence-corrected chi connectivity index (χ1v) is 11.1. The molecule has 1 heterocycles. The van der Waals surface area contributed by atoms with Crippen molar-refractivity contribution in [1.82, 2.24) is 19.8 Å². The van der Waals surface area contributed by atoms with Crippen LogP contribution < -0.4 is 10.0 Å². The van der Waals surface area contributed by atoms with Crippen LogP contribution in [0.3, 0.4) is 0 Å². The molecule has 0 bridgehead atoms. The highest BCUT2D eigenvalue weighted by Crippen LogP contribution is 2.08. The van der Waals surface area contributed by atoms with E-state index in [1.165, 1.54) is 11.8 Å². The number of guanidine groups is 1. The summed E-state index contributed by atoms with van der Waals surface area (Å²) in [4.78, 5) is 9.39. The lowest BCUT2D eigenvalue weighted by Crippen LogP contribution is -2.52. The summed E-state index contributed by atoms with van der Waals surface area (Å²) in [5.74, 6) is 0.922. The first-order valence-electron chi connectivity index (χ1n) is 9.22. The SMILES string of the molecule is CCNC(=NCCCNS(C)(=O)=O)N1CCN(Cc2ccccc2)CC1. The molecule has 1 aliphatic heterocycles. The van der Waals surface area contributed by atoms with Gasteiger partial charge in [-0.25, -0.2) is 13.1 Å². The molecule has 0 aromatic heterocycles. The largest absolute Gasteiger partial charge is 0.357 e. The Labute approximate surface area is 157 Å². The molecule has 1 fully saturated rings. The molecule has 26 heavy (non-hydrogen) atoms. The molecule has 0 spiro atoms. The summed E-state index contributed by atoms with van der Waals surface area (Å²) in [5.41, 5.74) is 1.35. The molecular formula is C18H31N5O2S. The standard InChI is InChI=1S/C18H31N5O2S/c1-3-19-18(20-10-7-11-21-26(2,24)25)23-14-12-22(13-15-23)16-17-8-5-4-6-9-17/h4-6,8-9,21H,3,7,10-16H2,1-2H3,(H,19,20). The van der Waals surface area contributed by atoms with Crippen LogP contribution in [-0.4, -0.2) is 76.2 Å². The van der Waals surface area contributed by atoms with Crippen LogP contribution in [-0.2, 0) is 16.6 Å². The smallest absolute Gasteiger partial charge is 0.208 e. The first-order chi connectivity index (χ1) is 12.5. The minimum absolute atomic E-state index is 0.423. The molecule has 8 heteroatoms. The van der Waals surface area contributed by atoms with E-state index in [1.807, 2.05) is 6.07 Å². The van der Waals surface area contributed by atoms with Gasteiger partial charge in [-0.05, 0) is 18.9 Å². The highest BCUT2D eigenvalue weighted by Gasteiger charge is 2.19. The first kappa shape index (κ1) is 20.7. The minimum atomic E-state index is -3.12. The lowest BCUT2D eigenvalue weighted by molar-refractivity contribution is 0.172. The van der Waals surface area contributed by atoms with Crippen LogP contribution in [0.2, 0.25) is 0 Å². The Morgan fingerprint density at radius 2 is 1.85 bits per heavy atom. The molecule has 0 saturated carbocycles. The molecule has 1 saturated heterocycles. The Kier molecular flexibility index (Phi) is 8.34. The van der Waals surface area contributed by atoms with E-state index < -0.39 is 10.0 Å².